The molecule has 0 nitrogen and oxygen atoms in total. The summed E-state index contributed by atoms with van der Waals surface area (Å²) < 4.78 is 0. The van der Waals surface area contributed by atoms with Crippen molar-refractivity contribution in [3.63, 3.8) is 0 Å². The van der Waals surface area contributed by atoms with Gasteiger partial charge in [0.15, 0.2) is 0 Å². The first-order valence-corrected chi connectivity index (χ1v) is 4.19. The molecule has 0 radical (unpaired) electrons. The Morgan fingerprint density at radius 3 is 2.18 bits per heavy atom. The second-order valence-corrected chi connectivity index (χ2v) is 2.78. The van der Waals surface area contributed by atoms with E-state index in [-0.39, 0.29) is 0 Å². The highest BCUT2D eigenvalue weighted by Crippen LogP contribution is 2.16. The molecule has 0 fully saturated rings. The first-order valence-electron chi connectivity index (χ1n) is 4.19. The van der Waals surface area contributed by atoms with Crippen molar-refractivity contribution in [2.24, 2.45) is 0 Å². The van der Waals surface area contributed by atoms with Crippen LogP contribution in [0.15, 0.2) is 37.0 Å². The average molecular weight is 150 g/mol. The van der Waals surface area contributed by atoms with Crippen molar-refractivity contribution in [2.75, 3.05) is 0 Å². The fourth-order valence-electron chi connectivity index (χ4n) is 0.932. The van der Waals surface area contributed by atoms with Gasteiger partial charge in [-0.2, -0.15) is 0 Å². The van der Waals surface area contributed by atoms with Crippen LogP contribution in [0.1, 0.15) is 32.6 Å². The van der Waals surface area contributed by atoms with Crippen LogP contribution in [0.5, 0.6) is 0 Å². The minimum absolute atomic E-state index is 1.02. The van der Waals surface area contributed by atoms with Gasteiger partial charge in [0, 0.05) is 0 Å². The van der Waals surface area contributed by atoms with Gasteiger partial charge < -0.3 is 0 Å². The van der Waals surface area contributed by atoms with Gasteiger partial charge in [-0.05, 0) is 19.3 Å². The molecule has 0 aromatic heterocycles. The van der Waals surface area contributed by atoms with Crippen molar-refractivity contribution in [1.29, 1.82) is 0 Å². The molecule has 0 aliphatic rings. The van der Waals surface area contributed by atoms with Gasteiger partial charge in [0.1, 0.15) is 0 Å². The van der Waals surface area contributed by atoms with Crippen LogP contribution in [0.25, 0.3) is 0 Å². The Morgan fingerprint density at radius 2 is 1.73 bits per heavy atom. The summed E-state index contributed by atoms with van der Waals surface area (Å²) >= 11 is 0. The van der Waals surface area contributed by atoms with Crippen LogP contribution in [-0.2, 0) is 0 Å². The predicted octanol–water partition coefficient (Wildman–Crippen LogP) is 3.87. The van der Waals surface area contributed by atoms with E-state index in [0.717, 1.165) is 25.7 Å². The maximum atomic E-state index is 3.96. The summed E-state index contributed by atoms with van der Waals surface area (Å²) in [4.78, 5) is 0. The van der Waals surface area contributed by atoms with Crippen LogP contribution < -0.4 is 0 Å². The van der Waals surface area contributed by atoms with E-state index in [9.17, 15) is 0 Å². The zero-order valence-corrected chi connectivity index (χ0v) is 7.53. The maximum Gasteiger partial charge on any atom is -0.0248 e. The Balaban J connectivity index is 3.64. The molecule has 0 saturated carbocycles. The molecule has 62 valence electrons. The normalized spacial score (nSPS) is 9.18. The molecule has 0 heterocycles. The minimum atomic E-state index is 1.02. The molecule has 0 heteroatoms. The molecule has 0 amide bonds. The first kappa shape index (κ1) is 10.2. The van der Waals surface area contributed by atoms with Gasteiger partial charge in [0.05, 0.1) is 0 Å². The molecule has 11 heavy (non-hydrogen) atoms. The molecule has 0 atom stereocenters. The van der Waals surface area contributed by atoms with E-state index in [1.807, 2.05) is 6.08 Å². The van der Waals surface area contributed by atoms with E-state index in [1.165, 1.54) is 11.1 Å². The smallest absolute Gasteiger partial charge is 0.0248 e. The summed E-state index contributed by atoms with van der Waals surface area (Å²) in [7, 11) is 0. The lowest BCUT2D eigenvalue weighted by molar-refractivity contribution is 0.883. The second kappa shape index (κ2) is 5.96. The van der Waals surface area contributed by atoms with Gasteiger partial charge in [0.25, 0.3) is 0 Å². The van der Waals surface area contributed by atoms with Crippen molar-refractivity contribution < 1.29 is 0 Å². The topological polar surface area (TPSA) is 0 Å². The summed E-state index contributed by atoms with van der Waals surface area (Å²) in [5.41, 5.74) is 2.39. The van der Waals surface area contributed by atoms with Crippen LogP contribution in [0.2, 0.25) is 0 Å². The quantitative estimate of drug-likeness (QED) is 0.398. The molecule has 0 saturated heterocycles. The Hall–Kier alpha value is -0.780. The molecule has 0 N–H and O–H groups in total. The third-order valence-corrected chi connectivity index (χ3v) is 1.70. The summed E-state index contributed by atoms with van der Waals surface area (Å²) in [6.45, 7) is 13.8. The molecule has 0 aliphatic heterocycles. The molecule has 0 bridgehead atoms. The van der Waals surface area contributed by atoms with E-state index in [4.69, 9.17) is 0 Å². The Labute approximate surface area is 70.3 Å². The lowest BCUT2D eigenvalue weighted by atomic mass is 10.0. The number of hydrogen-bond donors (Lipinski definition) is 0. The molecular weight excluding hydrogens is 132 g/mol. The van der Waals surface area contributed by atoms with Crippen molar-refractivity contribution in [2.45, 2.75) is 32.6 Å². The summed E-state index contributed by atoms with van der Waals surface area (Å²) in [5, 5.41) is 0. The van der Waals surface area contributed by atoms with Gasteiger partial charge in [0.2, 0.25) is 0 Å². The van der Waals surface area contributed by atoms with Gasteiger partial charge in [-0.15, -0.1) is 6.58 Å². The van der Waals surface area contributed by atoms with E-state index >= 15 is 0 Å². The maximum absolute atomic E-state index is 3.96. The Kier molecular flexibility index (Phi) is 5.54. The highest BCUT2D eigenvalue weighted by atomic mass is 14.0. The SMILES string of the molecule is C=CCCC(=C)C(=C)CCC. The predicted molar refractivity (Wildman–Crippen MR) is 52.6 cm³/mol. The molecule has 0 aromatic rings. The molecular formula is C11H18. The third kappa shape index (κ3) is 4.60. The summed E-state index contributed by atoms with van der Waals surface area (Å²) in [5.74, 6) is 0. The molecule has 0 aliphatic carbocycles. The van der Waals surface area contributed by atoms with Crippen LogP contribution in [0, 0.1) is 0 Å². The molecule has 0 rings (SSSR count). The zero-order chi connectivity index (χ0) is 8.69. The highest BCUT2D eigenvalue weighted by Gasteiger charge is 1.96. The number of hydrogen-bond acceptors (Lipinski definition) is 0. The second-order valence-electron chi connectivity index (χ2n) is 2.78. The van der Waals surface area contributed by atoms with Gasteiger partial charge >= 0.3 is 0 Å². The van der Waals surface area contributed by atoms with Gasteiger partial charge in [-0.3, -0.25) is 0 Å². The lowest BCUT2D eigenvalue weighted by Gasteiger charge is -2.05. The standard InChI is InChI=1S/C11H18/c1-5-7-9-11(4)10(3)8-6-2/h5H,1,3-4,6-9H2,2H3. The van der Waals surface area contributed by atoms with Crippen LogP contribution >= 0.6 is 0 Å². The van der Waals surface area contributed by atoms with Gasteiger partial charge in [-0.1, -0.05) is 43.7 Å². The molecule has 0 spiro atoms. The first-order chi connectivity index (χ1) is 5.22. The van der Waals surface area contributed by atoms with Crippen molar-refractivity contribution in [1.82, 2.24) is 0 Å². The fraction of sp³-hybridized carbons (Fsp3) is 0.455. The zero-order valence-electron chi connectivity index (χ0n) is 7.53. The Bertz CT molecular complexity index is 151. The van der Waals surface area contributed by atoms with Gasteiger partial charge in [-0.25, -0.2) is 0 Å². The minimum Gasteiger partial charge on any atom is -0.103 e. The number of allylic oxidation sites excluding steroid dienone is 3. The van der Waals surface area contributed by atoms with Crippen molar-refractivity contribution >= 4 is 0 Å². The molecule has 0 aromatic carbocycles. The Morgan fingerprint density at radius 1 is 1.18 bits per heavy atom. The van der Waals surface area contributed by atoms with Crippen molar-refractivity contribution in [3.8, 4) is 0 Å². The van der Waals surface area contributed by atoms with Crippen LogP contribution in [-0.4, -0.2) is 0 Å². The monoisotopic (exact) mass is 150 g/mol. The fourth-order valence-corrected chi connectivity index (χ4v) is 0.932. The highest BCUT2D eigenvalue weighted by molar-refractivity contribution is 5.24. The largest absolute Gasteiger partial charge is 0.103 e. The lowest BCUT2D eigenvalue weighted by Crippen LogP contribution is -1.85. The third-order valence-electron chi connectivity index (χ3n) is 1.70. The number of rotatable bonds is 6. The van der Waals surface area contributed by atoms with E-state index in [2.05, 4.69) is 26.7 Å². The summed E-state index contributed by atoms with van der Waals surface area (Å²) in [6, 6.07) is 0. The summed E-state index contributed by atoms with van der Waals surface area (Å²) in [6.07, 6.45) is 6.19. The average Bonchev–Trinajstić information content (AvgIpc) is 2.00. The van der Waals surface area contributed by atoms with E-state index < -0.39 is 0 Å². The molecule has 0 unspecified atom stereocenters. The van der Waals surface area contributed by atoms with E-state index in [1.54, 1.807) is 0 Å². The van der Waals surface area contributed by atoms with E-state index in [0.29, 0.717) is 0 Å². The van der Waals surface area contributed by atoms with Crippen LogP contribution in [0.3, 0.4) is 0 Å². The van der Waals surface area contributed by atoms with Crippen LogP contribution in [0.4, 0.5) is 0 Å². The van der Waals surface area contributed by atoms with Crippen molar-refractivity contribution in [3.05, 3.63) is 37.0 Å².